The van der Waals surface area contributed by atoms with Crippen LogP contribution in [0.4, 0.5) is 0 Å². The Kier molecular flexibility index (Phi) is 3.28. The number of aryl methyl sites for hydroxylation is 2. The molecule has 0 spiro atoms. The summed E-state index contributed by atoms with van der Waals surface area (Å²) in [4.78, 5) is 8.82. The standard InChI is InChI=1S/C15H18N4O/c1-3-19-13-7-5-4-6-11(13)17-15(19)8-14(20)12-9-18(2)10-16-12/h4-7,9-10,14,20H,3,8H2,1-2H3. The highest BCUT2D eigenvalue weighted by Gasteiger charge is 2.16. The van der Waals surface area contributed by atoms with Gasteiger partial charge in [0.2, 0.25) is 0 Å². The van der Waals surface area contributed by atoms with Gasteiger partial charge in [-0.2, -0.15) is 0 Å². The molecule has 104 valence electrons. The zero-order valence-corrected chi connectivity index (χ0v) is 11.7. The molecule has 20 heavy (non-hydrogen) atoms. The molecular formula is C15H18N4O. The first-order valence-corrected chi connectivity index (χ1v) is 6.79. The second-order valence-corrected chi connectivity index (χ2v) is 4.94. The Morgan fingerprint density at radius 2 is 2.10 bits per heavy atom. The molecular weight excluding hydrogens is 252 g/mol. The van der Waals surface area contributed by atoms with E-state index < -0.39 is 6.10 Å². The smallest absolute Gasteiger partial charge is 0.112 e. The molecule has 2 aromatic heterocycles. The molecule has 0 fully saturated rings. The lowest BCUT2D eigenvalue weighted by molar-refractivity contribution is 0.170. The fourth-order valence-electron chi connectivity index (χ4n) is 2.52. The SMILES string of the molecule is CCn1c(CC(O)c2cn(C)cn2)nc2ccccc21. The van der Waals surface area contributed by atoms with E-state index in [0.717, 1.165) is 23.4 Å². The molecule has 0 radical (unpaired) electrons. The van der Waals surface area contributed by atoms with Crippen molar-refractivity contribution in [1.29, 1.82) is 0 Å². The Hall–Kier alpha value is -2.14. The van der Waals surface area contributed by atoms with Crippen molar-refractivity contribution in [2.45, 2.75) is 26.0 Å². The van der Waals surface area contributed by atoms with E-state index in [1.807, 2.05) is 36.0 Å². The van der Waals surface area contributed by atoms with E-state index in [4.69, 9.17) is 0 Å². The Morgan fingerprint density at radius 1 is 1.30 bits per heavy atom. The molecule has 3 rings (SSSR count). The Bertz CT molecular complexity index is 728. The fourth-order valence-corrected chi connectivity index (χ4v) is 2.52. The number of hydrogen-bond acceptors (Lipinski definition) is 3. The van der Waals surface area contributed by atoms with Crippen LogP contribution in [0.25, 0.3) is 11.0 Å². The third-order valence-corrected chi connectivity index (χ3v) is 3.49. The fraction of sp³-hybridized carbons (Fsp3) is 0.333. The average Bonchev–Trinajstić information content (AvgIpc) is 3.01. The molecule has 0 aliphatic rings. The van der Waals surface area contributed by atoms with E-state index in [2.05, 4.69) is 27.5 Å². The summed E-state index contributed by atoms with van der Waals surface area (Å²) in [6, 6.07) is 8.05. The third-order valence-electron chi connectivity index (χ3n) is 3.49. The maximum atomic E-state index is 10.3. The quantitative estimate of drug-likeness (QED) is 0.789. The van der Waals surface area contributed by atoms with Crippen LogP contribution in [0, 0.1) is 0 Å². The van der Waals surface area contributed by atoms with Crippen LogP contribution in [0.2, 0.25) is 0 Å². The Labute approximate surface area is 117 Å². The van der Waals surface area contributed by atoms with E-state index in [-0.39, 0.29) is 0 Å². The molecule has 1 aromatic carbocycles. The lowest BCUT2D eigenvalue weighted by Gasteiger charge is -2.09. The predicted octanol–water partition coefficient (Wildman–Crippen LogP) is 2.07. The van der Waals surface area contributed by atoms with Crippen molar-refractivity contribution in [3.8, 4) is 0 Å². The zero-order chi connectivity index (χ0) is 14.1. The molecule has 5 heteroatoms. The van der Waals surface area contributed by atoms with Gasteiger partial charge in [0.25, 0.3) is 0 Å². The van der Waals surface area contributed by atoms with Crippen molar-refractivity contribution >= 4 is 11.0 Å². The van der Waals surface area contributed by atoms with Gasteiger partial charge in [-0.1, -0.05) is 12.1 Å². The molecule has 1 atom stereocenters. The zero-order valence-electron chi connectivity index (χ0n) is 11.7. The van der Waals surface area contributed by atoms with Crippen molar-refractivity contribution in [3.63, 3.8) is 0 Å². The molecule has 0 aliphatic heterocycles. The van der Waals surface area contributed by atoms with Crippen LogP contribution in [0.5, 0.6) is 0 Å². The molecule has 2 heterocycles. The van der Waals surface area contributed by atoms with Crippen molar-refractivity contribution in [3.05, 3.63) is 48.3 Å². The van der Waals surface area contributed by atoms with Crippen LogP contribution < -0.4 is 0 Å². The van der Waals surface area contributed by atoms with Gasteiger partial charge in [0.1, 0.15) is 11.9 Å². The largest absolute Gasteiger partial charge is 0.386 e. The first-order chi connectivity index (χ1) is 9.69. The van der Waals surface area contributed by atoms with E-state index >= 15 is 0 Å². The minimum atomic E-state index is -0.627. The van der Waals surface area contributed by atoms with Gasteiger partial charge in [0.05, 0.1) is 23.1 Å². The van der Waals surface area contributed by atoms with Crippen LogP contribution in [0.3, 0.4) is 0 Å². The molecule has 0 amide bonds. The first-order valence-electron chi connectivity index (χ1n) is 6.79. The second kappa shape index (κ2) is 5.09. The number of para-hydroxylation sites is 2. The van der Waals surface area contributed by atoms with E-state index in [1.165, 1.54) is 0 Å². The van der Waals surface area contributed by atoms with Crippen LogP contribution in [0.15, 0.2) is 36.8 Å². The molecule has 0 aliphatic carbocycles. The van der Waals surface area contributed by atoms with Gasteiger partial charge in [-0.25, -0.2) is 9.97 Å². The Morgan fingerprint density at radius 3 is 2.80 bits per heavy atom. The summed E-state index contributed by atoms with van der Waals surface area (Å²) in [6.07, 6.45) is 3.38. The second-order valence-electron chi connectivity index (χ2n) is 4.94. The number of hydrogen-bond donors (Lipinski definition) is 1. The number of aromatic nitrogens is 4. The summed E-state index contributed by atoms with van der Waals surface area (Å²) in [5.41, 5.74) is 2.76. The van der Waals surface area contributed by atoms with Crippen LogP contribution >= 0.6 is 0 Å². The minimum absolute atomic E-state index is 0.472. The van der Waals surface area contributed by atoms with Gasteiger partial charge in [-0.3, -0.25) is 0 Å². The van der Waals surface area contributed by atoms with Crippen LogP contribution in [-0.4, -0.2) is 24.2 Å². The maximum Gasteiger partial charge on any atom is 0.112 e. The number of rotatable bonds is 4. The normalized spacial score (nSPS) is 12.9. The molecule has 0 saturated heterocycles. The average molecular weight is 270 g/mol. The number of nitrogens with zero attached hydrogens (tertiary/aromatic N) is 4. The highest BCUT2D eigenvalue weighted by atomic mass is 16.3. The lowest BCUT2D eigenvalue weighted by Crippen LogP contribution is -2.08. The summed E-state index contributed by atoms with van der Waals surface area (Å²) in [5.74, 6) is 0.895. The third kappa shape index (κ3) is 2.20. The summed E-state index contributed by atoms with van der Waals surface area (Å²) in [6.45, 7) is 2.93. The molecule has 5 nitrogen and oxygen atoms in total. The predicted molar refractivity (Wildman–Crippen MR) is 77.3 cm³/mol. The van der Waals surface area contributed by atoms with Crippen molar-refractivity contribution in [1.82, 2.24) is 19.1 Å². The van der Waals surface area contributed by atoms with Gasteiger partial charge in [-0.05, 0) is 19.1 Å². The summed E-state index contributed by atoms with van der Waals surface area (Å²) < 4.78 is 3.98. The van der Waals surface area contributed by atoms with Gasteiger partial charge in [0, 0.05) is 26.2 Å². The number of imidazole rings is 2. The summed E-state index contributed by atoms with van der Waals surface area (Å²) in [5, 5.41) is 10.3. The van der Waals surface area contributed by atoms with E-state index in [0.29, 0.717) is 12.1 Å². The lowest BCUT2D eigenvalue weighted by atomic mass is 10.2. The van der Waals surface area contributed by atoms with E-state index in [1.54, 1.807) is 6.33 Å². The van der Waals surface area contributed by atoms with Crippen LogP contribution in [-0.2, 0) is 20.0 Å². The van der Waals surface area contributed by atoms with Gasteiger partial charge in [-0.15, -0.1) is 0 Å². The first kappa shape index (κ1) is 12.9. The Balaban J connectivity index is 1.94. The van der Waals surface area contributed by atoms with Crippen molar-refractivity contribution < 1.29 is 5.11 Å². The minimum Gasteiger partial charge on any atom is -0.386 e. The summed E-state index contributed by atoms with van der Waals surface area (Å²) >= 11 is 0. The highest BCUT2D eigenvalue weighted by molar-refractivity contribution is 5.75. The topological polar surface area (TPSA) is 55.9 Å². The molecule has 3 aromatic rings. The van der Waals surface area contributed by atoms with Gasteiger partial charge < -0.3 is 14.2 Å². The number of aliphatic hydroxyl groups excluding tert-OH is 1. The molecule has 0 bridgehead atoms. The molecule has 1 unspecified atom stereocenters. The van der Waals surface area contributed by atoms with Crippen molar-refractivity contribution in [2.75, 3.05) is 0 Å². The number of aliphatic hydroxyl groups is 1. The molecule has 1 N–H and O–H groups in total. The monoisotopic (exact) mass is 270 g/mol. The maximum absolute atomic E-state index is 10.3. The number of fused-ring (bicyclic) bond motifs is 1. The van der Waals surface area contributed by atoms with Gasteiger partial charge >= 0.3 is 0 Å². The summed E-state index contributed by atoms with van der Waals surface area (Å²) in [7, 11) is 1.89. The number of benzene rings is 1. The highest BCUT2D eigenvalue weighted by Crippen LogP contribution is 2.21. The van der Waals surface area contributed by atoms with Crippen LogP contribution in [0.1, 0.15) is 24.5 Å². The molecule has 0 saturated carbocycles. The van der Waals surface area contributed by atoms with Gasteiger partial charge in [0.15, 0.2) is 0 Å². The van der Waals surface area contributed by atoms with E-state index in [9.17, 15) is 5.11 Å². The van der Waals surface area contributed by atoms with Crippen molar-refractivity contribution in [2.24, 2.45) is 7.05 Å².